The molecule has 0 spiro atoms. The third-order valence-electron chi connectivity index (χ3n) is 6.65. The monoisotopic (exact) mass is 633 g/mol. The molecule has 226 valence electrons. The normalized spacial score (nSPS) is 11.9. The molecule has 0 aliphatic heterocycles. The summed E-state index contributed by atoms with van der Waals surface area (Å²) < 4.78 is 34.9. The minimum Gasteiger partial charge on any atom is -0.492 e. The Morgan fingerprint density at radius 3 is 2.17 bits per heavy atom. The molecule has 0 aliphatic rings. The van der Waals surface area contributed by atoms with E-state index in [2.05, 4.69) is 5.32 Å². The van der Waals surface area contributed by atoms with Crippen LogP contribution in [0.4, 0.5) is 5.69 Å². The Morgan fingerprint density at radius 1 is 0.905 bits per heavy atom. The highest BCUT2D eigenvalue weighted by Gasteiger charge is 2.35. The average Bonchev–Trinajstić information content (AvgIpc) is 2.98. The van der Waals surface area contributed by atoms with Crippen molar-refractivity contribution >= 4 is 50.7 Å². The van der Waals surface area contributed by atoms with Crippen molar-refractivity contribution in [1.82, 2.24) is 10.2 Å². The molecular weight excluding hydrogens is 597 g/mol. The lowest BCUT2D eigenvalue weighted by Crippen LogP contribution is -2.52. The maximum Gasteiger partial charge on any atom is 0.264 e. The van der Waals surface area contributed by atoms with Crippen molar-refractivity contribution in [2.45, 2.75) is 57.5 Å². The number of hydrogen-bond acceptors (Lipinski definition) is 5. The first-order valence-corrected chi connectivity index (χ1v) is 16.1. The largest absolute Gasteiger partial charge is 0.492 e. The molecule has 3 rings (SSSR count). The van der Waals surface area contributed by atoms with Crippen LogP contribution in [0.15, 0.2) is 77.7 Å². The first-order chi connectivity index (χ1) is 20.1. The predicted molar refractivity (Wildman–Crippen MR) is 168 cm³/mol. The minimum atomic E-state index is -4.23. The van der Waals surface area contributed by atoms with E-state index in [1.54, 1.807) is 74.5 Å². The van der Waals surface area contributed by atoms with Crippen molar-refractivity contribution in [2.75, 3.05) is 24.0 Å². The topological polar surface area (TPSA) is 96.0 Å². The Morgan fingerprint density at radius 2 is 1.55 bits per heavy atom. The second-order valence-electron chi connectivity index (χ2n) is 9.52. The second-order valence-corrected chi connectivity index (χ2v) is 12.2. The molecule has 0 saturated carbocycles. The van der Waals surface area contributed by atoms with Gasteiger partial charge in [-0.2, -0.15) is 0 Å². The SMILES string of the molecule is CCCCNC(=O)[C@H](CC)N(Cc1c(Cl)cccc1Cl)C(=O)CN(c1ccccc1OCC)S(=O)(=O)c1ccccc1. The lowest BCUT2D eigenvalue weighted by molar-refractivity contribution is -0.140. The van der Waals surface area contributed by atoms with Crippen LogP contribution in [-0.2, 0) is 26.2 Å². The zero-order valence-electron chi connectivity index (χ0n) is 24.1. The van der Waals surface area contributed by atoms with Gasteiger partial charge in [-0.25, -0.2) is 8.42 Å². The molecule has 0 heterocycles. The molecule has 0 saturated heterocycles. The summed E-state index contributed by atoms with van der Waals surface area (Å²) in [5.41, 5.74) is 0.661. The molecule has 0 fully saturated rings. The van der Waals surface area contributed by atoms with E-state index in [9.17, 15) is 18.0 Å². The Bertz CT molecular complexity index is 1430. The zero-order valence-corrected chi connectivity index (χ0v) is 26.4. The number of benzene rings is 3. The maximum absolute atomic E-state index is 14.2. The van der Waals surface area contributed by atoms with Crippen LogP contribution in [-0.4, -0.2) is 50.9 Å². The van der Waals surface area contributed by atoms with Crippen LogP contribution in [0, 0.1) is 0 Å². The van der Waals surface area contributed by atoms with Gasteiger partial charge in [-0.3, -0.25) is 13.9 Å². The van der Waals surface area contributed by atoms with Gasteiger partial charge in [-0.15, -0.1) is 0 Å². The predicted octanol–water partition coefficient (Wildman–Crippen LogP) is 6.31. The summed E-state index contributed by atoms with van der Waals surface area (Å²) in [5, 5.41) is 3.56. The van der Waals surface area contributed by atoms with Gasteiger partial charge in [0.05, 0.1) is 17.2 Å². The molecule has 0 aliphatic carbocycles. The molecule has 42 heavy (non-hydrogen) atoms. The van der Waals surface area contributed by atoms with E-state index in [1.807, 2.05) is 6.92 Å². The van der Waals surface area contributed by atoms with Crippen LogP contribution in [0.25, 0.3) is 0 Å². The number of unbranched alkanes of at least 4 members (excludes halogenated alkanes) is 1. The first-order valence-electron chi connectivity index (χ1n) is 13.9. The van der Waals surface area contributed by atoms with Gasteiger partial charge in [0.1, 0.15) is 18.3 Å². The highest BCUT2D eigenvalue weighted by Crippen LogP contribution is 2.33. The van der Waals surface area contributed by atoms with Gasteiger partial charge in [-0.1, -0.05) is 79.9 Å². The number of carbonyl (C=O) groups is 2. The van der Waals surface area contributed by atoms with Crippen molar-refractivity contribution in [2.24, 2.45) is 0 Å². The lowest BCUT2D eigenvalue weighted by atomic mass is 10.1. The zero-order chi connectivity index (χ0) is 30.7. The summed E-state index contributed by atoms with van der Waals surface area (Å²) in [7, 11) is -4.23. The number of carbonyl (C=O) groups excluding carboxylic acids is 2. The molecule has 1 atom stereocenters. The smallest absolute Gasteiger partial charge is 0.264 e. The summed E-state index contributed by atoms with van der Waals surface area (Å²) in [5.74, 6) is -0.638. The quantitative estimate of drug-likeness (QED) is 0.198. The van der Waals surface area contributed by atoms with E-state index >= 15 is 0 Å². The molecule has 0 bridgehead atoms. The van der Waals surface area contributed by atoms with Gasteiger partial charge in [0.15, 0.2) is 0 Å². The van der Waals surface area contributed by atoms with Crippen LogP contribution in [0.1, 0.15) is 45.6 Å². The van der Waals surface area contributed by atoms with Gasteiger partial charge < -0.3 is 15.0 Å². The highest BCUT2D eigenvalue weighted by atomic mass is 35.5. The van der Waals surface area contributed by atoms with Gasteiger partial charge in [0, 0.05) is 28.7 Å². The molecule has 3 aromatic rings. The summed E-state index contributed by atoms with van der Waals surface area (Å²) >= 11 is 12.9. The average molecular weight is 635 g/mol. The minimum absolute atomic E-state index is 0.00847. The Balaban J connectivity index is 2.11. The van der Waals surface area contributed by atoms with Crippen molar-refractivity contribution in [3.63, 3.8) is 0 Å². The number of halogens is 2. The van der Waals surface area contributed by atoms with Gasteiger partial charge in [-0.05, 0) is 56.2 Å². The van der Waals surface area contributed by atoms with E-state index < -0.39 is 28.5 Å². The molecule has 3 aromatic carbocycles. The van der Waals surface area contributed by atoms with Crippen molar-refractivity contribution in [3.05, 3.63) is 88.4 Å². The summed E-state index contributed by atoms with van der Waals surface area (Å²) in [6, 6.07) is 18.6. The number of nitrogens with one attached hydrogen (secondary N) is 1. The first kappa shape index (κ1) is 33.2. The van der Waals surface area contributed by atoms with Gasteiger partial charge >= 0.3 is 0 Å². The van der Waals surface area contributed by atoms with Crippen molar-refractivity contribution in [1.29, 1.82) is 0 Å². The molecule has 8 nitrogen and oxygen atoms in total. The van der Waals surface area contributed by atoms with E-state index in [0.29, 0.717) is 27.9 Å². The van der Waals surface area contributed by atoms with E-state index in [1.165, 1.54) is 17.0 Å². The van der Waals surface area contributed by atoms with E-state index in [4.69, 9.17) is 27.9 Å². The fourth-order valence-electron chi connectivity index (χ4n) is 4.45. The number of rotatable bonds is 15. The third kappa shape index (κ3) is 8.18. The van der Waals surface area contributed by atoms with E-state index in [-0.39, 0.29) is 36.1 Å². The van der Waals surface area contributed by atoms with Crippen molar-refractivity contribution < 1.29 is 22.7 Å². The van der Waals surface area contributed by atoms with Gasteiger partial charge in [0.25, 0.3) is 10.0 Å². The molecule has 0 aromatic heterocycles. The Kier molecular flexibility index (Phi) is 12.5. The second kappa shape index (κ2) is 15.8. The molecule has 1 N–H and O–H groups in total. The number of ether oxygens (including phenoxy) is 1. The van der Waals surface area contributed by atoms with Crippen LogP contribution >= 0.6 is 23.2 Å². The number of sulfonamides is 1. The van der Waals surface area contributed by atoms with Crippen molar-refractivity contribution in [3.8, 4) is 5.75 Å². The summed E-state index contributed by atoms with van der Waals surface area (Å²) in [4.78, 5) is 29.0. The number of amides is 2. The summed E-state index contributed by atoms with van der Waals surface area (Å²) in [6.45, 7) is 5.65. The fraction of sp³-hybridized carbons (Fsp3) is 0.355. The van der Waals surface area contributed by atoms with Crippen LogP contribution in [0.5, 0.6) is 5.75 Å². The summed E-state index contributed by atoms with van der Waals surface area (Å²) in [6.07, 6.45) is 1.96. The number of nitrogens with zero attached hydrogens (tertiary/aromatic N) is 2. The highest BCUT2D eigenvalue weighted by molar-refractivity contribution is 7.92. The number of hydrogen-bond donors (Lipinski definition) is 1. The molecule has 2 amide bonds. The van der Waals surface area contributed by atoms with Crippen LogP contribution in [0.3, 0.4) is 0 Å². The van der Waals surface area contributed by atoms with Crippen LogP contribution in [0.2, 0.25) is 10.0 Å². The molecular formula is C31H37Cl2N3O5S. The lowest BCUT2D eigenvalue weighted by Gasteiger charge is -2.34. The maximum atomic E-state index is 14.2. The van der Waals surface area contributed by atoms with Gasteiger partial charge in [0.2, 0.25) is 11.8 Å². The van der Waals surface area contributed by atoms with E-state index in [0.717, 1.165) is 17.1 Å². The van der Waals surface area contributed by atoms with Crippen LogP contribution < -0.4 is 14.4 Å². The number of anilines is 1. The Labute approximate surface area is 258 Å². The fourth-order valence-corrected chi connectivity index (χ4v) is 6.42. The third-order valence-corrected chi connectivity index (χ3v) is 9.13. The molecule has 0 radical (unpaired) electrons. The number of para-hydroxylation sites is 2. The molecule has 0 unspecified atom stereocenters. The standard InChI is InChI=1S/C31H37Cl2N3O5S/c1-4-7-20-34-31(38)27(5-2)35(21-24-25(32)16-13-17-26(24)33)30(37)22-36(28-18-11-12-19-29(28)41-6-3)42(39,40)23-14-9-8-10-15-23/h8-19,27H,4-7,20-22H2,1-3H3,(H,34,38)/t27-/m0/s1. The molecule has 11 heteroatoms. The Hall–Kier alpha value is -3.27.